The van der Waals surface area contributed by atoms with Crippen molar-refractivity contribution in [3.8, 4) is 0 Å². The van der Waals surface area contributed by atoms with E-state index in [4.69, 9.17) is 9.47 Å². The van der Waals surface area contributed by atoms with Crippen molar-refractivity contribution in [1.82, 2.24) is 4.90 Å². The summed E-state index contributed by atoms with van der Waals surface area (Å²) in [6.07, 6.45) is 1.80. The predicted molar refractivity (Wildman–Crippen MR) is 60.7 cm³/mol. The number of methoxy groups -OCH3 is 2. The van der Waals surface area contributed by atoms with E-state index < -0.39 is 0 Å². The molecule has 0 aromatic rings. The van der Waals surface area contributed by atoms with Gasteiger partial charge in [0.05, 0.1) is 5.75 Å². The molecule has 1 rings (SSSR count). The van der Waals surface area contributed by atoms with Gasteiger partial charge in [-0.15, -0.1) is 11.8 Å². The fourth-order valence-electron chi connectivity index (χ4n) is 1.61. The maximum absolute atomic E-state index is 11.6. The Bertz CT molecular complexity index is 209. The van der Waals surface area contributed by atoms with Crippen LogP contribution in [0.5, 0.6) is 0 Å². The molecule has 0 N–H and O–H groups in total. The van der Waals surface area contributed by atoms with Crippen molar-refractivity contribution in [3.05, 3.63) is 0 Å². The van der Waals surface area contributed by atoms with Crippen LogP contribution in [0, 0.1) is 0 Å². The van der Waals surface area contributed by atoms with Crippen molar-refractivity contribution >= 4 is 17.7 Å². The lowest BCUT2D eigenvalue weighted by atomic mass is 10.3. The largest absolute Gasteiger partial charge is 0.353 e. The Kier molecular flexibility index (Phi) is 5.42. The van der Waals surface area contributed by atoms with Gasteiger partial charge >= 0.3 is 0 Å². The van der Waals surface area contributed by atoms with Crippen molar-refractivity contribution < 1.29 is 14.3 Å². The summed E-state index contributed by atoms with van der Waals surface area (Å²) in [7, 11) is 3.21. The Balaban J connectivity index is 2.57. The Morgan fingerprint density at radius 1 is 1.53 bits per heavy atom. The second kappa shape index (κ2) is 6.35. The molecule has 1 aliphatic heterocycles. The van der Waals surface area contributed by atoms with E-state index in [0.29, 0.717) is 5.75 Å². The van der Waals surface area contributed by atoms with Gasteiger partial charge in [0, 0.05) is 20.8 Å². The highest BCUT2D eigenvalue weighted by Crippen LogP contribution is 2.29. The Morgan fingerprint density at radius 2 is 2.20 bits per heavy atom. The second-order valence-corrected chi connectivity index (χ2v) is 4.59. The average molecular weight is 233 g/mol. The normalized spacial score (nSPS) is 21.7. The fourth-order valence-corrected chi connectivity index (χ4v) is 2.87. The third-order valence-electron chi connectivity index (χ3n) is 2.46. The SMILES string of the molecule is CCCCN1C(=O)CSC1C(OC)OC. The van der Waals surface area contributed by atoms with Crippen molar-refractivity contribution in [2.45, 2.75) is 31.4 Å². The summed E-state index contributed by atoms with van der Waals surface area (Å²) in [5.41, 5.74) is 0. The minimum atomic E-state index is -0.321. The van der Waals surface area contributed by atoms with E-state index in [-0.39, 0.29) is 17.6 Å². The molecule has 0 bridgehead atoms. The molecular weight excluding hydrogens is 214 g/mol. The molecule has 1 aliphatic rings. The summed E-state index contributed by atoms with van der Waals surface area (Å²) >= 11 is 1.59. The van der Waals surface area contributed by atoms with Gasteiger partial charge in [0.1, 0.15) is 5.37 Å². The smallest absolute Gasteiger partial charge is 0.233 e. The summed E-state index contributed by atoms with van der Waals surface area (Å²) in [6.45, 7) is 2.92. The minimum Gasteiger partial charge on any atom is -0.353 e. The van der Waals surface area contributed by atoms with Crippen LogP contribution in [-0.4, -0.2) is 49.0 Å². The zero-order valence-corrected chi connectivity index (χ0v) is 10.4. The highest BCUT2D eigenvalue weighted by atomic mass is 32.2. The maximum atomic E-state index is 11.6. The number of carbonyl (C=O) groups excluding carboxylic acids is 1. The Morgan fingerprint density at radius 3 is 2.73 bits per heavy atom. The number of hydrogen-bond acceptors (Lipinski definition) is 4. The number of ether oxygens (including phenoxy) is 2. The van der Waals surface area contributed by atoms with Crippen molar-refractivity contribution in [1.29, 1.82) is 0 Å². The Hall–Kier alpha value is -0.260. The molecule has 1 amide bonds. The molecule has 0 aliphatic carbocycles. The highest BCUT2D eigenvalue weighted by Gasteiger charge is 2.37. The van der Waals surface area contributed by atoms with Gasteiger partial charge < -0.3 is 14.4 Å². The van der Waals surface area contributed by atoms with Crippen LogP contribution in [0.25, 0.3) is 0 Å². The van der Waals surface area contributed by atoms with Crippen LogP contribution < -0.4 is 0 Å². The maximum Gasteiger partial charge on any atom is 0.233 e. The third kappa shape index (κ3) is 3.09. The van der Waals surface area contributed by atoms with Gasteiger partial charge in [-0.1, -0.05) is 13.3 Å². The second-order valence-electron chi connectivity index (χ2n) is 3.48. The van der Waals surface area contributed by atoms with E-state index >= 15 is 0 Å². The first-order chi connectivity index (χ1) is 7.24. The highest BCUT2D eigenvalue weighted by molar-refractivity contribution is 8.01. The van der Waals surface area contributed by atoms with Crippen LogP contribution in [0.4, 0.5) is 0 Å². The lowest BCUT2D eigenvalue weighted by molar-refractivity contribution is -0.145. The van der Waals surface area contributed by atoms with Crippen LogP contribution in [-0.2, 0) is 14.3 Å². The zero-order chi connectivity index (χ0) is 11.3. The molecule has 0 radical (unpaired) electrons. The number of nitrogens with zero attached hydrogens (tertiary/aromatic N) is 1. The molecule has 4 nitrogen and oxygen atoms in total. The van der Waals surface area contributed by atoms with Gasteiger partial charge in [-0.05, 0) is 6.42 Å². The molecular formula is C10H19NO3S. The average Bonchev–Trinajstić information content (AvgIpc) is 2.60. The van der Waals surface area contributed by atoms with Crippen molar-refractivity contribution in [2.24, 2.45) is 0 Å². The topological polar surface area (TPSA) is 38.8 Å². The minimum absolute atomic E-state index is 0.0130. The van der Waals surface area contributed by atoms with Gasteiger partial charge in [-0.2, -0.15) is 0 Å². The standard InChI is InChI=1S/C10H19NO3S/c1-4-5-6-11-8(12)7-15-9(11)10(13-2)14-3/h9-10H,4-7H2,1-3H3. The molecule has 1 unspecified atom stereocenters. The summed E-state index contributed by atoms with van der Waals surface area (Å²) in [4.78, 5) is 13.5. The van der Waals surface area contributed by atoms with E-state index in [0.717, 1.165) is 19.4 Å². The molecule has 88 valence electrons. The molecule has 1 fully saturated rings. The summed E-state index contributed by atoms with van der Waals surface area (Å²) in [5, 5.41) is 0.0130. The summed E-state index contributed by atoms with van der Waals surface area (Å²) < 4.78 is 10.4. The van der Waals surface area contributed by atoms with E-state index in [2.05, 4.69) is 6.92 Å². The van der Waals surface area contributed by atoms with Crippen LogP contribution in [0.1, 0.15) is 19.8 Å². The summed E-state index contributed by atoms with van der Waals surface area (Å²) in [5.74, 6) is 0.731. The quantitative estimate of drug-likeness (QED) is 0.648. The Labute approximate surface area is 95.3 Å². The molecule has 1 heterocycles. The van der Waals surface area contributed by atoms with Crippen LogP contribution in [0.2, 0.25) is 0 Å². The molecule has 0 saturated carbocycles. The molecule has 0 spiro atoms. The van der Waals surface area contributed by atoms with E-state index in [9.17, 15) is 4.79 Å². The monoisotopic (exact) mass is 233 g/mol. The molecule has 0 aromatic heterocycles. The first-order valence-corrected chi connectivity index (χ1v) is 6.26. The van der Waals surface area contributed by atoms with Crippen LogP contribution >= 0.6 is 11.8 Å². The third-order valence-corrected chi connectivity index (χ3v) is 3.69. The number of amides is 1. The van der Waals surface area contributed by atoms with Gasteiger partial charge in [-0.25, -0.2) is 0 Å². The van der Waals surface area contributed by atoms with Gasteiger partial charge in [-0.3, -0.25) is 4.79 Å². The number of rotatable bonds is 6. The summed E-state index contributed by atoms with van der Waals surface area (Å²) in [6, 6.07) is 0. The number of carbonyl (C=O) groups is 1. The van der Waals surface area contributed by atoms with Crippen molar-refractivity contribution in [3.63, 3.8) is 0 Å². The first kappa shape index (κ1) is 12.8. The number of thioether (sulfide) groups is 1. The lowest BCUT2D eigenvalue weighted by Gasteiger charge is -2.28. The van der Waals surface area contributed by atoms with E-state index in [1.807, 2.05) is 4.90 Å². The van der Waals surface area contributed by atoms with Crippen LogP contribution in [0.15, 0.2) is 0 Å². The van der Waals surface area contributed by atoms with Gasteiger partial charge in [0.25, 0.3) is 0 Å². The predicted octanol–water partition coefficient (Wildman–Crippen LogP) is 1.31. The van der Waals surface area contributed by atoms with E-state index in [1.54, 1.807) is 26.0 Å². The first-order valence-electron chi connectivity index (χ1n) is 5.21. The fraction of sp³-hybridized carbons (Fsp3) is 0.900. The molecule has 1 atom stereocenters. The van der Waals surface area contributed by atoms with Gasteiger partial charge in [0.2, 0.25) is 5.91 Å². The molecule has 15 heavy (non-hydrogen) atoms. The van der Waals surface area contributed by atoms with Gasteiger partial charge in [0.15, 0.2) is 6.29 Å². The van der Waals surface area contributed by atoms with Crippen molar-refractivity contribution in [2.75, 3.05) is 26.5 Å². The molecule has 1 saturated heterocycles. The number of hydrogen-bond donors (Lipinski definition) is 0. The lowest BCUT2D eigenvalue weighted by Crippen LogP contribution is -2.42. The molecule has 5 heteroatoms. The number of unbranched alkanes of at least 4 members (excludes halogenated alkanes) is 1. The molecule has 0 aromatic carbocycles. The van der Waals surface area contributed by atoms with Crippen LogP contribution in [0.3, 0.4) is 0 Å². The van der Waals surface area contributed by atoms with E-state index in [1.165, 1.54) is 0 Å². The zero-order valence-electron chi connectivity index (χ0n) is 9.56.